The van der Waals surface area contributed by atoms with Crippen LogP contribution in [0, 0.1) is 0 Å². The maximum atomic E-state index is 13.6. The lowest BCUT2D eigenvalue weighted by molar-refractivity contribution is -0.0364. The van der Waals surface area contributed by atoms with Gasteiger partial charge in [0.2, 0.25) is 0 Å². The van der Waals surface area contributed by atoms with E-state index in [0.717, 1.165) is 27.8 Å². The Hall–Kier alpha value is -5.37. The number of aliphatic hydroxyl groups is 1. The van der Waals surface area contributed by atoms with E-state index in [9.17, 15) is 14.7 Å². The number of aryl methyl sites for hydroxylation is 1. The number of oxazole rings is 1. The van der Waals surface area contributed by atoms with Gasteiger partial charge in [-0.05, 0) is 36.1 Å². The highest BCUT2D eigenvalue weighted by Crippen LogP contribution is 2.30. The second-order valence-electron chi connectivity index (χ2n) is 12.5. The third-order valence-electron chi connectivity index (χ3n) is 8.98. The highest BCUT2D eigenvalue weighted by atomic mass is 35.5. The van der Waals surface area contributed by atoms with Crippen LogP contribution in [0.15, 0.2) is 95.1 Å². The molecule has 1 aliphatic rings. The van der Waals surface area contributed by atoms with E-state index in [1.165, 1.54) is 17.3 Å². The minimum atomic E-state index is -1.07. The summed E-state index contributed by atoms with van der Waals surface area (Å²) < 4.78 is 13.7. The van der Waals surface area contributed by atoms with Gasteiger partial charge in [-0.2, -0.15) is 5.10 Å². The van der Waals surface area contributed by atoms with E-state index < -0.39 is 11.7 Å². The van der Waals surface area contributed by atoms with Crippen molar-refractivity contribution in [1.29, 1.82) is 0 Å². The Bertz CT molecular complexity index is 2160. The summed E-state index contributed by atoms with van der Waals surface area (Å²) >= 11 is 6.59. The number of halogens is 1. The van der Waals surface area contributed by atoms with Gasteiger partial charge in [0.1, 0.15) is 12.1 Å². The summed E-state index contributed by atoms with van der Waals surface area (Å²) in [5.41, 5.74) is 4.37. The molecule has 13 nitrogen and oxygen atoms in total. The smallest absolute Gasteiger partial charge is 0.407 e. The van der Waals surface area contributed by atoms with Crippen LogP contribution in [0.1, 0.15) is 29.5 Å². The highest BCUT2D eigenvalue weighted by molar-refractivity contribution is 6.31. The average Bonchev–Trinajstić information content (AvgIpc) is 3.79. The molecule has 0 radical (unpaired) electrons. The SMILES string of the molecule is Cn1nc2c(=O)n(CC3(O)CCN(Cc4ccc(-c5cnco5)cc4Cl)CC3)cnc2c1-c1ccc(CNC(=O)OCc2cccnc2)cc1. The van der Waals surface area contributed by atoms with Crippen molar-refractivity contribution in [2.24, 2.45) is 7.05 Å². The molecule has 50 heavy (non-hydrogen) atoms. The molecule has 6 aromatic rings. The first-order chi connectivity index (χ1) is 24.2. The van der Waals surface area contributed by atoms with Gasteiger partial charge in [-0.25, -0.2) is 14.8 Å². The van der Waals surface area contributed by atoms with Gasteiger partial charge in [0, 0.05) is 67.3 Å². The monoisotopic (exact) mass is 694 g/mol. The lowest BCUT2D eigenvalue weighted by Gasteiger charge is -2.38. The number of hydrogen-bond acceptors (Lipinski definition) is 10. The zero-order valence-electron chi connectivity index (χ0n) is 27.3. The van der Waals surface area contributed by atoms with Crippen LogP contribution in [-0.2, 0) is 38.0 Å². The molecule has 256 valence electrons. The van der Waals surface area contributed by atoms with Crippen LogP contribution in [0.25, 0.3) is 33.6 Å². The third kappa shape index (κ3) is 7.30. The number of benzene rings is 2. The van der Waals surface area contributed by atoms with Crippen molar-refractivity contribution in [3.05, 3.63) is 118 Å². The van der Waals surface area contributed by atoms with Gasteiger partial charge in [0.25, 0.3) is 5.56 Å². The van der Waals surface area contributed by atoms with E-state index in [1.807, 2.05) is 48.5 Å². The number of aromatic nitrogens is 6. The average molecular weight is 695 g/mol. The second-order valence-corrected chi connectivity index (χ2v) is 12.9. The van der Waals surface area contributed by atoms with Crippen LogP contribution in [0.3, 0.4) is 0 Å². The van der Waals surface area contributed by atoms with Crippen LogP contribution in [0.2, 0.25) is 5.02 Å². The van der Waals surface area contributed by atoms with E-state index in [1.54, 1.807) is 36.4 Å². The van der Waals surface area contributed by atoms with Crippen molar-refractivity contribution < 1.29 is 19.1 Å². The molecule has 2 aromatic carbocycles. The van der Waals surface area contributed by atoms with Gasteiger partial charge in [0.05, 0.1) is 30.4 Å². The predicted molar refractivity (Wildman–Crippen MR) is 186 cm³/mol. The Labute approximate surface area is 292 Å². The van der Waals surface area contributed by atoms with Crippen molar-refractivity contribution in [2.75, 3.05) is 13.1 Å². The van der Waals surface area contributed by atoms with Crippen LogP contribution in [-0.4, -0.2) is 64.1 Å². The van der Waals surface area contributed by atoms with Crippen molar-refractivity contribution in [3.63, 3.8) is 0 Å². The molecule has 0 unspecified atom stereocenters. The van der Waals surface area contributed by atoms with Crippen LogP contribution >= 0.6 is 11.6 Å². The maximum Gasteiger partial charge on any atom is 0.407 e. The lowest BCUT2D eigenvalue weighted by Crippen LogP contribution is -2.47. The molecule has 0 bridgehead atoms. The van der Waals surface area contributed by atoms with E-state index in [4.69, 9.17) is 20.8 Å². The number of amides is 1. The van der Waals surface area contributed by atoms with Crippen LogP contribution in [0.5, 0.6) is 0 Å². The number of fused-ring (bicyclic) bond motifs is 1. The third-order valence-corrected chi connectivity index (χ3v) is 9.34. The Balaban J connectivity index is 0.964. The standard InChI is InChI=1S/C36H35ClN8O5/c1-43-33(26-6-4-24(5-7-26)17-40-35(47)49-20-25-3-2-12-38-16-25)31-32(42-43)34(46)45(22-41-31)21-36(48)10-13-44(14-11-36)19-28-9-8-27(15-29(28)37)30-18-39-23-50-30/h2-9,12,15-16,18,22-23,48H,10-11,13-14,17,19-21H2,1H3,(H,40,47). The number of pyridine rings is 1. The lowest BCUT2D eigenvalue weighted by atomic mass is 9.91. The zero-order valence-corrected chi connectivity index (χ0v) is 28.1. The fourth-order valence-electron chi connectivity index (χ4n) is 6.20. The number of carbonyl (C=O) groups is 1. The van der Waals surface area contributed by atoms with Crippen molar-refractivity contribution >= 4 is 28.7 Å². The topological polar surface area (TPSA) is 153 Å². The summed E-state index contributed by atoms with van der Waals surface area (Å²) in [6.45, 7) is 2.48. The fourth-order valence-corrected chi connectivity index (χ4v) is 6.44. The van der Waals surface area contributed by atoms with Gasteiger partial charge >= 0.3 is 6.09 Å². The van der Waals surface area contributed by atoms with Crippen LogP contribution in [0.4, 0.5) is 4.79 Å². The summed E-state index contributed by atoms with van der Waals surface area (Å²) in [6, 6.07) is 17.0. The molecule has 0 aliphatic carbocycles. The second kappa shape index (κ2) is 14.2. The summed E-state index contributed by atoms with van der Waals surface area (Å²) in [4.78, 5) is 40.6. The summed E-state index contributed by atoms with van der Waals surface area (Å²) in [7, 11) is 1.77. The first-order valence-electron chi connectivity index (χ1n) is 16.2. The Kier molecular flexibility index (Phi) is 9.44. The van der Waals surface area contributed by atoms with E-state index in [0.29, 0.717) is 54.5 Å². The number of nitrogens with one attached hydrogen (secondary N) is 1. The number of hydrogen-bond donors (Lipinski definition) is 2. The molecule has 1 aliphatic heterocycles. The molecular formula is C36H35ClN8O5. The normalized spacial score (nSPS) is 14.5. The van der Waals surface area contributed by atoms with Crippen LogP contribution < -0.4 is 10.9 Å². The molecule has 5 heterocycles. The van der Waals surface area contributed by atoms with Crippen molar-refractivity contribution in [2.45, 2.75) is 44.7 Å². The van der Waals surface area contributed by atoms with E-state index >= 15 is 0 Å². The van der Waals surface area contributed by atoms with Gasteiger partial charge in [-0.3, -0.25) is 23.9 Å². The van der Waals surface area contributed by atoms with E-state index in [2.05, 4.69) is 30.3 Å². The molecule has 14 heteroatoms. The number of ether oxygens (including phenoxy) is 1. The predicted octanol–water partition coefficient (Wildman–Crippen LogP) is 4.95. The number of carbonyl (C=O) groups excluding carboxylic acids is 1. The van der Waals surface area contributed by atoms with Gasteiger partial charge < -0.3 is 19.6 Å². The maximum absolute atomic E-state index is 13.6. The Morgan fingerprint density at radius 3 is 2.56 bits per heavy atom. The van der Waals surface area contributed by atoms with E-state index in [-0.39, 0.29) is 30.8 Å². The van der Waals surface area contributed by atoms with Crippen molar-refractivity contribution in [1.82, 2.24) is 39.5 Å². The molecule has 7 rings (SSSR count). The molecule has 1 amide bonds. The fraction of sp³-hybridized carbons (Fsp3) is 0.278. The minimum absolute atomic E-state index is 0.119. The summed E-state index contributed by atoms with van der Waals surface area (Å²) in [6.07, 6.45) is 8.28. The minimum Gasteiger partial charge on any atom is -0.445 e. The summed E-state index contributed by atoms with van der Waals surface area (Å²) in [5, 5.41) is 19.4. The van der Waals surface area contributed by atoms with Crippen molar-refractivity contribution in [3.8, 4) is 22.6 Å². The number of alkyl carbamates (subject to hydrolysis) is 1. The Morgan fingerprint density at radius 1 is 1.04 bits per heavy atom. The number of nitrogens with zero attached hydrogens (tertiary/aromatic N) is 7. The highest BCUT2D eigenvalue weighted by Gasteiger charge is 2.33. The summed E-state index contributed by atoms with van der Waals surface area (Å²) in [5.74, 6) is 0.656. The quantitative estimate of drug-likeness (QED) is 0.201. The molecule has 1 fully saturated rings. The van der Waals surface area contributed by atoms with Gasteiger partial charge in [-0.15, -0.1) is 0 Å². The molecule has 0 atom stereocenters. The number of rotatable bonds is 10. The number of piperidine rings is 1. The number of likely N-dealkylation sites (tertiary alicyclic amines) is 1. The molecule has 0 spiro atoms. The molecule has 0 saturated carbocycles. The molecule has 2 N–H and O–H groups in total. The largest absolute Gasteiger partial charge is 0.445 e. The first-order valence-corrected chi connectivity index (χ1v) is 16.6. The Morgan fingerprint density at radius 2 is 1.84 bits per heavy atom. The molecule has 4 aromatic heterocycles. The van der Waals surface area contributed by atoms with Gasteiger partial charge in [-0.1, -0.05) is 54.1 Å². The molecular weight excluding hydrogens is 660 g/mol. The zero-order chi connectivity index (χ0) is 34.7. The first kappa shape index (κ1) is 33.1. The van der Waals surface area contributed by atoms with Gasteiger partial charge in [0.15, 0.2) is 17.7 Å². The molecule has 1 saturated heterocycles.